The van der Waals surface area contributed by atoms with Crippen molar-refractivity contribution in [3.63, 3.8) is 0 Å². The fourth-order valence-corrected chi connectivity index (χ4v) is 1.55. The second kappa shape index (κ2) is 4.44. The summed E-state index contributed by atoms with van der Waals surface area (Å²) in [4.78, 5) is 12.1. The van der Waals surface area contributed by atoms with Crippen LogP contribution < -0.4 is 5.73 Å². The molecule has 0 atom stereocenters. The van der Waals surface area contributed by atoms with Gasteiger partial charge in [0.1, 0.15) is 5.82 Å². The van der Waals surface area contributed by atoms with Gasteiger partial charge in [0.15, 0.2) is 11.0 Å². The van der Waals surface area contributed by atoms with E-state index in [0.29, 0.717) is 16.5 Å². The van der Waals surface area contributed by atoms with Crippen LogP contribution in [0, 0.1) is 5.82 Å². The lowest BCUT2D eigenvalue weighted by Crippen LogP contribution is -2.01. The number of hydrogen-bond acceptors (Lipinski definition) is 5. The summed E-state index contributed by atoms with van der Waals surface area (Å²) in [6.45, 7) is 0. The molecule has 0 amide bonds. The van der Waals surface area contributed by atoms with E-state index in [9.17, 15) is 4.39 Å². The average Bonchev–Trinajstić information content (AvgIpc) is 2.29. The smallest absolute Gasteiger partial charge is 0.224 e. The van der Waals surface area contributed by atoms with Crippen molar-refractivity contribution in [3.8, 4) is 11.4 Å². The van der Waals surface area contributed by atoms with Crippen LogP contribution in [0.3, 0.4) is 0 Å². The minimum Gasteiger partial charge on any atom is -0.368 e. The maximum Gasteiger partial charge on any atom is 0.224 e. The second-order valence-corrected chi connectivity index (χ2v) is 3.78. The topological polar surface area (TPSA) is 64.7 Å². The van der Waals surface area contributed by atoms with Crippen LogP contribution in [0.15, 0.2) is 29.4 Å². The molecule has 0 radical (unpaired) electrons. The van der Waals surface area contributed by atoms with Gasteiger partial charge in [0.25, 0.3) is 0 Å². The predicted octanol–water partition coefficient (Wildman–Crippen LogP) is 1.98. The maximum atomic E-state index is 12.7. The van der Waals surface area contributed by atoms with Crippen LogP contribution in [0.1, 0.15) is 0 Å². The van der Waals surface area contributed by atoms with E-state index in [1.54, 1.807) is 12.1 Å². The summed E-state index contributed by atoms with van der Waals surface area (Å²) in [6.07, 6.45) is 1.85. The second-order valence-electron chi connectivity index (χ2n) is 3.01. The Labute approximate surface area is 96.1 Å². The molecule has 0 saturated carbocycles. The Morgan fingerprint density at radius 2 is 1.81 bits per heavy atom. The Morgan fingerprint density at radius 1 is 1.12 bits per heavy atom. The Morgan fingerprint density at radius 3 is 2.44 bits per heavy atom. The van der Waals surface area contributed by atoms with E-state index < -0.39 is 0 Å². The third-order valence-electron chi connectivity index (χ3n) is 1.92. The van der Waals surface area contributed by atoms with Crippen LogP contribution in [0.2, 0.25) is 0 Å². The highest BCUT2D eigenvalue weighted by Gasteiger charge is 2.06. The predicted molar refractivity (Wildman–Crippen MR) is 61.4 cm³/mol. The van der Waals surface area contributed by atoms with Gasteiger partial charge in [0.2, 0.25) is 5.95 Å². The number of benzene rings is 1. The first-order chi connectivity index (χ1) is 7.69. The Balaban J connectivity index is 2.47. The molecular weight excluding hydrogens is 227 g/mol. The monoisotopic (exact) mass is 236 g/mol. The van der Waals surface area contributed by atoms with Crippen LogP contribution in [0.25, 0.3) is 11.4 Å². The lowest BCUT2D eigenvalue weighted by molar-refractivity contribution is 0.628. The molecule has 0 bridgehead atoms. The lowest BCUT2D eigenvalue weighted by atomic mass is 10.2. The van der Waals surface area contributed by atoms with E-state index in [4.69, 9.17) is 5.73 Å². The number of nitrogens with two attached hydrogens (primary N) is 1. The molecule has 0 aliphatic rings. The van der Waals surface area contributed by atoms with Gasteiger partial charge in [-0.3, -0.25) is 0 Å². The lowest BCUT2D eigenvalue weighted by Gasteiger charge is -2.02. The molecule has 0 aliphatic heterocycles. The third-order valence-corrected chi connectivity index (χ3v) is 2.46. The Hall–Kier alpha value is -1.69. The van der Waals surface area contributed by atoms with E-state index in [2.05, 4.69) is 15.0 Å². The summed E-state index contributed by atoms with van der Waals surface area (Å²) in [7, 11) is 0. The van der Waals surface area contributed by atoms with Gasteiger partial charge in [-0.1, -0.05) is 11.8 Å². The van der Waals surface area contributed by atoms with Crippen molar-refractivity contribution in [2.75, 3.05) is 12.0 Å². The van der Waals surface area contributed by atoms with Gasteiger partial charge in [-0.2, -0.15) is 9.97 Å². The van der Waals surface area contributed by atoms with Gasteiger partial charge in [0, 0.05) is 5.56 Å². The molecule has 16 heavy (non-hydrogen) atoms. The Kier molecular flexibility index (Phi) is 3.00. The molecule has 2 aromatic rings. The highest BCUT2D eigenvalue weighted by Crippen LogP contribution is 2.18. The number of thioether (sulfide) groups is 1. The molecule has 2 N–H and O–H groups in total. The SMILES string of the molecule is CSc1nc(N)nc(-c2ccc(F)cc2)n1. The van der Waals surface area contributed by atoms with E-state index in [1.807, 2.05) is 6.26 Å². The van der Waals surface area contributed by atoms with Crippen molar-refractivity contribution >= 4 is 17.7 Å². The zero-order valence-corrected chi connectivity index (χ0v) is 9.33. The zero-order chi connectivity index (χ0) is 11.5. The number of aromatic nitrogens is 3. The molecule has 1 aromatic heterocycles. The van der Waals surface area contributed by atoms with Crippen LogP contribution >= 0.6 is 11.8 Å². The summed E-state index contributed by atoms with van der Waals surface area (Å²) in [5.41, 5.74) is 6.27. The summed E-state index contributed by atoms with van der Waals surface area (Å²) in [5.74, 6) is 0.325. The van der Waals surface area contributed by atoms with Crippen molar-refractivity contribution < 1.29 is 4.39 Å². The average molecular weight is 236 g/mol. The molecule has 0 saturated heterocycles. The quantitative estimate of drug-likeness (QED) is 0.808. The summed E-state index contributed by atoms with van der Waals surface area (Å²) < 4.78 is 12.7. The third kappa shape index (κ3) is 2.27. The first kappa shape index (κ1) is 10.8. The number of nitrogens with zero attached hydrogens (tertiary/aromatic N) is 3. The highest BCUT2D eigenvalue weighted by atomic mass is 32.2. The first-order valence-electron chi connectivity index (χ1n) is 4.50. The van der Waals surface area contributed by atoms with Crippen LogP contribution in [-0.2, 0) is 0 Å². The van der Waals surface area contributed by atoms with E-state index >= 15 is 0 Å². The van der Waals surface area contributed by atoms with Crippen LogP contribution in [-0.4, -0.2) is 21.2 Å². The van der Waals surface area contributed by atoms with E-state index in [-0.39, 0.29) is 11.8 Å². The summed E-state index contributed by atoms with van der Waals surface area (Å²) in [6, 6.07) is 5.92. The maximum absolute atomic E-state index is 12.7. The van der Waals surface area contributed by atoms with Gasteiger partial charge in [-0.15, -0.1) is 0 Å². The van der Waals surface area contributed by atoms with Crippen molar-refractivity contribution in [2.45, 2.75) is 5.16 Å². The summed E-state index contributed by atoms with van der Waals surface area (Å²) in [5, 5.41) is 0.548. The van der Waals surface area contributed by atoms with Gasteiger partial charge in [0.05, 0.1) is 0 Å². The number of rotatable bonds is 2. The molecule has 0 spiro atoms. The van der Waals surface area contributed by atoms with Crippen molar-refractivity contribution in [1.29, 1.82) is 0 Å². The van der Waals surface area contributed by atoms with Crippen molar-refractivity contribution in [3.05, 3.63) is 30.1 Å². The van der Waals surface area contributed by atoms with Gasteiger partial charge in [-0.25, -0.2) is 9.37 Å². The summed E-state index contributed by atoms with van der Waals surface area (Å²) >= 11 is 1.38. The number of hydrogen-bond donors (Lipinski definition) is 1. The molecule has 0 unspecified atom stereocenters. The number of halogens is 1. The van der Waals surface area contributed by atoms with Gasteiger partial charge >= 0.3 is 0 Å². The molecule has 0 aliphatic carbocycles. The van der Waals surface area contributed by atoms with E-state index in [1.165, 1.54) is 23.9 Å². The normalized spacial score (nSPS) is 10.4. The zero-order valence-electron chi connectivity index (χ0n) is 8.51. The molecular formula is C10H9FN4S. The van der Waals surface area contributed by atoms with Crippen molar-refractivity contribution in [2.24, 2.45) is 0 Å². The van der Waals surface area contributed by atoms with E-state index in [0.717, 1.165) is 0 Å². The largest absolute Gasteiger partial charge is 0.368 e. The highest BCUT2D eigenvalue weighted by molar-refractivity contribution is 7.98. The van der Waals surface area contributed by atoms with Gasteiger partial charge in [-0.05, 0) is 30.5 Å². The fraction of sp³-hybridized carbons (Fsp3) is 0.100. The Bertz CT molecular complexity index is 501. The molecule has 82 valence electrons. The molecule has 1 aromatic carbocycles. The molecule has 2 rings (SSSR count). The number of anilines is 1. The molecule has 1 heterocycles. The number of nitrogen functional groups attached to an aromatic ring is 1. The first-order valence-corrected chi connectivity index (χ1v) is 5.73. The fourth-order valence-electron chi connectivity index (χ4n) is 1.19. The minimum atomic E-state index is -0.295. The molecule has 4 nitrogen and oxygen atoms in total. The van der Waals surface area contributed by atoms with Crippen LogP contribution in [0.5, 0.6) is 0 Å². The minimum absolute atomic E-state index is 0.165. The van der Waals surface area contributed by atoms with Crippen molar-refractivity contribution in [1.82, 2.24) is 15.0 Å². The molecule has 6 heteroatoms. The van der Waals surface area contributed by atoms with Gasteiger partial charge < -0.3 is 5.73 Å². The molecule has 0 fully saturated rings. The standard InChI is InChI=1S/C10H9FN4S/c1-16-10-14-8(13-9(12)15-10)6-2-4-7(11)5-3-6/h2-5H,1H3,(H2,12,13,14,15). The van der Waals surface area contributed by atoms with Crippen LogP contribution in [0.4, 0.5) is 10.3 Å².